The smallest absolute Gasteiger partial charge is 0.493 e. The van der Waals surface area contributed by atoms with Crippen molar-refractivity contribution in [3.8, 4) is 61.6 Å². The molecule has 0 bridgehead atoms. The van der Waals surface area contributed by atoms with Crippen molar-refractivity contribution >= 4 is 45.5 Å². The van der Waals surface area contributed by atoms with Gasteiger partial charge in [0.2, 0.25) is 0 Å². The molecule has 0 aromatic heterocycles. The topological polar surface area (TPSA) is 13.0 Å². The van der Waals surface area contributed by atoms with E-state index in [1.165, 1.54) is 33.4 Å². The number of fused-ring (bicyclic) bond motifs is 2. The van der Waals surface area contributed by atoms with Crippen LogP contribution in [0.15, 0.2) is 273 Å². The molecule has 0 atom stereocenters. The van der Waals surface area contributed by atoms with E-state index >= 15 is 0 Å². The molecule has 4 nitrogen and oxygen atoms in total. The predicted octanol–water partition coefficient (Wildman–Crippen LogP) is 19.6. The molecule has 0 N–H and O–H groups in total. The van der Waals surface area contributed by atoms with Crippen LogP contribution in [0.1, 0.15) is 31.9 Å². The SMILES string of the molecule is [C-]#Cc1cc(-c2ccccc2)cc(C(C)(C)C)c1.[Pt+4].[c-]1c(N2[CH-]N(c3c(-c4ccccc4)cccc3-c3ccccc3)c3ccccc32)cccc1N1[CH-]N(c2c(-c3ccccc3)cccc2-c2ccccc2)c2ccccc21. The Balaban J connectivity index is 0.000000296. The number of hydrogen-bond acceptors (Lipinski definition) is 4. The first-order chi connectivity index (χ1) is 38.3. The van der Waals surface area contributed by atoms with Crippen LogP contribution in [0.25, 0.3) is 55.6 Å². The maximum absolute atomic E-state index is 7.35. The minimum Gasteiger partial charge on any atom is -0.493 e. The summed E-state index contributed by atoms with van der Waals surface area (Å²) in [5, 5.41) is 0. The summed E-state index contributed by atoms with van der Waals surface area (Å²) in [5.41, 5.74) is 22.3. The van der Waals surface area contributed by atoms with Crippen LogP contribution >= 0.6 is 0 Å². The Bertz CT molecular complexity index is 3610. The number of para-hydroxylation sites is 6. The summed E-state index contributed by atoms with van der Waals surface area (Å²) in [6.07, 6.45) is 7.35. The van der Waals surface area contributed by atoms with Crippen molar-refractivity contribution in [3.05, 3.63) is 310 Å². The van der Waals surface area contributed by atoms with Gasteiger partial charge in [-0.25, -0.2) is 0 Å². The van der Waals surface area contributed by atoms with Gasteiger partial charge in [-0.2, -0.15) is 6.07 Å². The first-order valence-electron chi connectivity index (χ1n) is 26.5. The third-order valence-electron chi connectivity index (χ3n) is 14.5. The molecule has 0 spiro atoms. The van der Waals surface area contributed by atoms with Crippen LogP contribution in [0.3, 0.4) is 0 Å². The summed E-state index contributed by atoms with van der Waals surface area (Å²) in [5.74, 6) is 2.50. The molecule has 0 fully saturated rings. The molecule has 5 heteroatoms. The third-order valence-corrected chi connectivity index (χ3v) is 14.5. The van der Waals surface area contributed by atoms with Crippen molar-refractivity contribution in [1.82, 2.24) is 0 Å². The first kappa shape index (κ1) is 51.9. The van der Waals surface area contributed by atoms with E-state index in [-0.39, 0.29) is 26.5 Å². The van der Waals surface area contributed by atoms with Crippen LogP contribution in [0, 0.1) is 31.7 Å². The number of rotatable bonds is 9. The summed E-state index contributed by atoms with van der Waals surface area (Å²) in [7, 11) is 0. The standard InChI is InChI=1S/C56H39N4.C18H17.Pt/c1-5-20-41(21-6-1)47-30-18-31-48(42-22-7-2-8-23-42)55(47)59-39-57(51-34-13-15-36-53(51)59)45-28-17-29-46(38-45)58-40-60(54-37-16-14-35-52(54)58)56-49(43-24-9-3-10-25-43)32-19-33-50(56)44-26-11-4-12-27-44;1-5-14-11-16(15-9-7-6-8-10-15)13-17(12-14)18(2,3)4;/h1-37,39-40H;6-13H,2-4H3;/q-3;-1;+4. The second-order valence-corrected chi connectivity index (χ2v) is 20.5. The zero-order valence-corrected chi connectivity index (χ0v) is 46.5. The third kappa shape index (κ3) is 10.5. The van der Waals surface area contributed by atoms with Crippen molar-refractivity contribution in [2.75, 3.05) is 19.6 Å². The van der Waals surface area contributed by atoms with E-state index in [1.807, 2.05) is 30.3 Å². The average Bonchev–Trinajstić information content (AvgIpc) is 4.33. The largest absolute Gasteiger partial charge is 4.00 e. The van der Waals surface area contributed by atoms with Crippen molar-refractivity contribution in [2.24, 2.45) is 0 Å². The van der Waals surface area contributed by atoms with Crippen molar-refractivity contribution in [1.29, 1.82) is 0 Å². The normalized spacial score (nSPS) is 12.4. The van der Waals surface area contributed by atoms with E-state index in [2.05, 4.69) is 308 Å². The molecule has 2 aliphatic heterocycles. The summed E-state index contributed by atoms with van der Waals surface area (Å²) in [6, 6.07) is 100. The van der Waals surface area contributed by atoms with Gasteiger partial charge >= 0.3 is 21.1 Å². The molecular weight excluding hydrogens is 1140 g/mol. The van der Waals surface area contributed by atoms with Crippen LogP contribution in [-0.2, 0) is 26.5 Å². The zero-order chi connectivity index (χ0) is 53.0. The van der Waals surface area contributed by atoms with Gasteiger partial charge in [-0.3, -0.25) is 5.92 Å². The Kier molecular flexibility index (Phi) is 15.0. The summed E-state index contributed by atoms with van der Waals surface area (Å²) in [6.45, 7) is 11.0. The Morgan fingerprint density at radius 3 is 1.00 bits per heavy atom. The molecule has 11 aromatic rings. The zero-order valence-electron chi connectivity index (χ0n) is 44.2. The molecule has 0 saturated heterocycles. The number of benzene rings is 11. The van der Waals surface area contributed by atoms with E-state index in [1.54, 1.807) is 0 Å². The first-order valence-corrected chi connectivity index (χ1v) is 26.5. The molecule has 13 rings (SSSR count). The van der Waals surface area contributed by atoms with Crippen molar-refractivity contribution in [3.63, 3.8) is 0 Å². The van der Waals surface area contributed by atoms with Crippen LogP contribution in [0.5, 0.6) is 0 Å². The van der Waals surface area contributed by atoms with Crippen LogP contribution in [0.2, 0.25) is 0 Å². The summed E-state index contributed by atoms with van der Waals surface area (Å²) in [4.78, 5) is 9.25. The molecule has 79 heavy (non-hydrogen) atoms. The van der Waals surface area contributed by atoms with E-state index < -0.39 is 0 Å². The molecule has 0 unspecified atom stereocenters. The van der Waals surface area contributed by atoms with Gasteiger partial charge in [-0.05, 0) is 63.1 Å². The van der Waals surface area contributed by atoms with Gasteiger partial charge in [0.05, 0.1) is 0 Å². The molecule has 0 amide bonds. The quantitative estimate of drug-likeness (QED) is 0.105. The van der Waals surface area contributed by atoms with Crippen LogP contribution in [-0.4, -0.2) is 0 Å². The molecular formula is C74H56N4Pt. The monoisotopic (exact) mass is 1200 g/mol. The minimum atomic E-state index is 0. The number of anilines is 8. The van der Waals surface area contributed by atoms with Gasteiger partial charge in [0.15, 0.2) is 0 Å². The summed E-state index contributed by atoms with van der Waals surface area (Å²) < 4.78 is 0. The Hall–Kier alpha value is -9.13. The van der Waals surface area contributed by atoms with Gasteiger partial charge in [-0.15, -0.1) is 60.6 Å². The van der Waals surface area contributed by atoms with E-state index in [4.69, 9.17) is 6.42 Å². The fourth-order valence-corrected chi connectivity index (χ4v) is 10.6. The Labute approximate surface area is 480 Å². The summed E-state index contributed by atoms with van der Waals surface area (Å²) >= 11 is 0. The molecule has 11 aromatic carbocycles. The Morgan fingerprint density at radius 1 is 0.342 bits per heavy atom. The fraction of sp³-hybridized carbons (Fsp3) is 0.0541. The second kappa shape index (κ2) is 22.8. The van der Waals surface area contributed by atoms with Crippen LogP contribution < -0.4 is 19.6 Å². The molecule has 0 saturated carbocycles. The van der Waals surface area contributed by atoms with Crippen molar-refractivity contribution in [2.45, 2.75) is 26.2 Å². The van der Waals surface area contributed by atoms with Gasteiger partial charge in [0.1, 0.15) is 0 Å². The minimum absolute atomic E-state index is 0. The Morgan fingerprint density at radius 2 is 0.658 bits per heavy atom. The van der Waals surface area contributed by atoms with E-state index in [9.17, 15) is 0 Å². The van der Waals surface area contributed by atoms with Gasteiger partial charge in [-0.1, -0.05) is 245 Å². The van der Waals surface area contributed by atoms with Crippen LogP contribution in [0.4, 0.5) is 45.5 Å². The van der Waals surface area contributed by atoms with E-state index in [0.717, 1.165) is 78.9 Å². The molecule has 2 heterocycles. The second-order valence-electron chi connectivity index (χ2n) is 20.5. The van der Waals surface area contributed by atoms with Gasteiger partial charge in [0, 0.05) is 56.4 Å². The van der Waals surface area contributed by atoms with Gasteiger partial charge in [0.25, 0.3) is 0 Å². The molecule has 0 radical (unpaired) electrons. The van der Waals surface area contributed by atoms with Gasteiger partial charge < -0.3 is 26.0 Å². The molecule has 0 aliphatic carbocycles. The maximum Gasteiger partial charge on any atom is 4.00 e. The van der Waals surface area contributed by atoms with E-state index in [0.29, 0.717) is 0 Å². The van der Waals surface area contributed by atoms with Crippen molar-refractivity contribution < 1.29 is 21.1 Å². The number of nitrogens with zero attached hydrogens (tertiary/aromatic N) is 4. The fourth-order valence-electron chi connectivity index (χ4n) is 10.6. The predicted molar refractivity (Wildman–Crippen MR) is 327 cm³/mol. The number of hydrogen-bond donors (Lipinski definition) is 0. The molecule has 382 valence electrons. The average molecular weight is 1200 g/mol. The maximum atomic E-state index is 7.35. The molecule has 2 aliphatic rings.